The van der Waals surface area contributed by atoms with Gasteiger partial charge in [-0.05, 0) is 63.4 Å². The van der Waals surface area contributed by atoms with Crippen LogP contribution in [0, 0.1) is 5.41 Å². The van der Waals surface area contributed by atoms with Crippen molar-refractivity contribution in [3.63, 3.8) is 0 Å². The van der Waals surface area contributed by atoms with Gasteiger partial charge < -0.3 is 8.23 Å². The Bertz CT molecular complexity index is 314. The summed E-state index contributed by atoms with van der Waals surface area (Å²) in [5.74, 6) is 0. The molecule has 0 radical (unpaired) electrons. The molecule has 0 N–H and O–H groups in total. The molecule has 19 heavy (non-hydrogen) atoms. The van der Waals surface area contributed by atoms with Crippen LogP contribution < -0.4 is 0 Å². The fourth-order valence-electron chi connectivity index (χ4n) is 2.13. The van der Waals surface area contributed by atoms with Crippen molar-refractivity contribution in [1.29, 1.82) is 0 Å². The van der Waals surface area contributed by atoms with Gasteiger partial charge >= 0.3 is 8.56 Å². The molecule has 0 saturated heterocycles. The molecule has 114 valence electrons. The first-order valence-electron chi connectivity index (χ1n) is 7.14. The van der Waals surface area contributed by atoms with E-state index in [9.17, 15) is 0 Å². The van der Waals surface area contributed by atoms with Crippen molar-refractivity contribution in [1.82, 2.24) is 0 Å². The molecule has 2 nitrogen and oxygen atoms in total. The van der Waals surface area contributed by atoms with Gasteiger partial charge in [-0.1, -0.05) is 26.8 Å². The highest BCUT2D eigenvalue weighted by Gasteiger charge is 2.42. The van der Waals surface area contributed by atoms with Crippen molar-refractivity contribution in [3.05, 3.63) is 11.3 Å². The zero-order chi connectivity index (χ0) is 15.7. The summed E-state index contributed by atoms with van der Waals surface area (Å²) in [6.07, 6.45) is 2.33. The van der Waals surface area contributed by atoms with Gasteiger partial charge in [0.15, 0.2) is 16.6 Å². The Labute approximate surface area is 124 Å². The fourth-order valence-corrected chi connectivity index (χ4v) is 14.0. The third-order valence-electron chi connectivity index (χ3n) is 2.37. The predicted octanol–water partition coefficient (Wildman–Crippen LogP) is 5.29. The first-order valence-corrected chi connectivity index (χ1v) is 16.3. The second-order valence-electron chi connectivity index (χ2n) is 8.57. The summed E-state index contributed by atoms with van der Waals surface area (Å²) in [5.41, 5.74) is 0.171. The number of allylic oxidation sites excluding steroid dienone is 2. The van der Waals surface area contributed by atoms with Gasteiger partial charge in [0.25, 0.3) is 0 Å². The minimum absolute atomic E-state index is 0.171. The van der Waals surface area contributed by atoms with Crippen LogP contribution in [0.2, 0.25) is 45.8 Å². The molecule has 0 spiro atoms. The van der Waals surface area contributed by atoms with Gasteiger partial charge in [-0.15, -0.1) is 0 Å². The quantitative estimate of drug-likeness (QED) is 0.641. The van der Waals surface area contributed by atoms with Crippen LogP contribution in [-0.4, -0.2) is 25.2 Å². The second-order valence-corrected chi connectivity index (χ2v) is 21.3. The zero-order valence-corrected chi connectivity index (χ0v) is 17.9. The highest BCUT2D eigenvalue weighted by atomic mass is 28.5. The van der Waals surface area contributed by atoms with E-state index in [1.165, 1.54) is 5.20 Å². The van der Waals surface area contributed by atoms with E-state index in [4.69, 9.17) is 8.23 Å². The van der Waals surface area contributed by atoms with Gasteiger partial charge in [-0.2, -0.15) is 0 Å². The van der Waals surface area contributed by atoms with Crippen LogP contribution in [0.3, 0.4) is 0 Å². The third kappa shape index (κ3) is 8.96. The number of hydrogen-bond acceptors (Lipinski definition) is 2. The van der Waals surface area contributed by atoms with E-state index in [0.29, 0.717) is 0 Å². The molecule has 0 fully saturated rings. The van der Waals surface area contributed by atoms with Gasteiger partial charge in [0.2, 0.25) is 0 Å². The maximum Gasteiger partial charge on any atom is 0.344 e. The van der Waals surface area contributed by atoms with E-state index < -0.39 is 25.2 Å². The number of hydrogen-bond donors (Lipinski definition) is 0. The molecule has 0 aromatic rings. The van der Waals surface area contributed by atoms with E-state index in [0.717, 1.165) is 0 Å². The Morgan fingerprint density at radius 3 is 1.32 bits per heavy atom. The van der Waals surface area contributed by atoms with Gasteiger partial charge in [0.1, 0.15) is 0 Å². The summed E-state index contributed by atoms with van der Waals surface area (Å²) in [4.78, 5) is 0. The van der Waals surface area contributed by atoms with Crippen LogP contribution in [0.1, 0.15) is 27.7 Å². The molecular formula is C14H34O2Si3. The Morgan fingerprint density at radius 2 is 1.11 bits per heavy atom. The van der Waals surface area contributed by atoms with Crippen LogP contribution in [0.25, 0.3) is 0 Å². The molecule has 0 aliphatic rings. The molecule has 0 aliphatic carbocycles. The average molecular weight is 319 g/mol. The largest absolute Gasteiger partial charge is 0.434 e. The molecule has 5 heteroatoms. The molecule has 0 saturated carbocycles. The van der Waals surface area contributed by atoms with E-state index in [1.54, 1.807) is 0 Å². The molecule has 0 bridgehead atoms. The van der Waals surface area contributed by atoms with Crippen LogP contribution >= 0.6 is 0 Å². The Morgan fingerprint density at radius 1 is 0.789 bits per heavy atom. The van der Waals surface area contributed by atoms with Crippen molar-refractivity contribution in [2.75, 3.05) is 0 Å². The van der Waals surface area contributed by atoms with E-state index >= 15 is 0 Å². The van der Waals surface area contributed by atoms with E-state index in [2.05, 4.69) is 79.6 Å². The Balaban J connectivity index is 5.46. The lowest BCUT2D eigenvalue weighted by atomic mass is 9.96. The molecule has 0 amide bonds. The lowest BCUT2D eigenvalue weighted by Crippen LogP contribution is -2.53. The standard InChI is InChI=1S/C14H34O2Si3/c1-13(12-14(2,3)4)19(11,15-17(5,6)7)16-18(8,9)10/h12H,1-11H3/b13-12+. The van der Waals surface area contributed by atoms with Gasteiger partial charge in [0.05, 0.1) is 0 Å². The van der Waals surface area contributed by atoms with Gasteiger partial charge in [-0.3, -0.25) is 0 Å². The summed E-state index contributed by atoms with van der Waals surface area (Å²) in [5, 5.41) is 1.32. The van der Waals surface area contributed by atoms with E-state index in [-0.39, 0.29) is 5.41 Å². The molecule has 0 rings (SSSR count). The maximum absolute atomic E-state index is 6.53. The second kappa shape index (κ2) is 5.97. The monoisotopic (exact) mass is 318 g/mol. The third-order valence-corrected chi connectivity index (χ3v) is 12.0. The van der Waals surface area contributed by atoms with Crippen molar-refractivity contribution in [2.24, 2.45) is 5.41 Å². The lowest BCUT2D eigenvalue weighted by molar-refractivity contribution is 0.395. The molecule has 0 aromatic heterocycles. The van der Waals surface area contributed by atoms with Crippen molar-refractivity contribution in [2.45, 2.75) is 73.5 Å². The highest BCUT2D eigenvalue weighted by molar-refractivity contribution is 6.90. The summed E-state index contributed by atoms with van der Waals surface area (Å²) in [7, 11) is -5.47. The Kier molecular flexibility index (Phi) is 6.07. The SMILES string of the molecule is C/C(=C\C(C)(C)C)[Si](C)(O[Si](C)(C)C)O[Si](C)(C)C. The topological polar surface area (TPSA) is 18.5 Å². The predicted molar refractivity (Wildman–Crippen MR) is 93.7 cm³/mol. The summed E-state index contributed by atoms with van der Waals surface area (Å²) in [6.45, 7) is 24.6. The fraction of sp³-hybridized carbons (Fsp3) is 0.857. The average Bonchev–Trinajstić information content (AvgIpc) is 1.91. The van der Waals surface area contributed by atoms with Crippen LogP contribution in [0.4, 0.5) is 0 Å². The number of rotatable bonds is 5. The molecule has 0 atom stereocenters. The highest BCUT2D eigenvalue weighted by Crippen LogP contribution is 2.29. The van der Waals surface area contributed by atoms with Crippen LogP contribution in [0.15, 0.2) is 11.3 Å². The lowest BCUT2D eigenvalue weighted by Gasteiger charge is -2.39. The molecule has 0 unspecified atom stereocenters. The smallest absolute Gasteiger partial charge is 0.344 e. The van der Waals surface area contributed by atoms with Gasteiger partial charge in [0, 0.05) is 0 Å². The Hall–Kier alpha value is 0.311. The van der Waals surface area contributed by atoms with Crippen molar-refractivity contribution in [3.8, 4) is 0 Å². The van der Waals surface area contributed by atoms with Crippen LogP contribution in [-0.2, 0) is 8.23 Å². The van der Waals surface area contributed by atoms with Crippen LogP contribution in [0.5, 0.6) is 0 Å². The zero-order valence-electron chi connectivity index (χ0n) is 14.9. The normalized spacial score (nSPS) is 15.8. The summed E-state index contributed by atoms with van der Waals surface area (Å²) >= 11 is 0. The van der Waals surface area contributed by atoms with Gasteiger partial charge in [-0.25, -0.2) is 0 Å². The first-order chi connectivity index (χ1) is 8.04. The first kappa shape index (κ1) is 19.3. The molecule has 0 aliphatic heterocycles. The molecule has 0 aromatic carbocycles. The van der Waals surface area contributed by atoms with E-state index in [1.807, 2.05) is 0 Å². The maximum atomic E-state index is 6.53. The summed E-state index contributed by atoms with van der Waals surface area (Å²) < 4.78 is 13.1. The molecule has 0 heterocycles. The minimum Gasteiger partial charge on any atom is -0.434 e. The summed E-state index contributed by atoms with van der Waals surface area (Å²) in [6, 6.07) is 0. The van der Waals surface area contributed by atoms with Crippen molar-refractivity contribution >= 4 is 25.2 Å². The molecular weight excluding hydrogens is 284 g/mol. The minimum atomic E-state index is -2.25. The van der Waals surface area contributed by atoms with Crippen molar-refractivity contribution < 1.29 is 8.23 Å².